The van der Waals surface area contributed by atoms with Crippen LogP contribution in [0.1, 0.15) is 45.6 Å². The van der Waals surface area contributed by atoms with Gasteiger partial charge in [-0.2, -0.15) is 0 Å². The largest absolute Gasteiger partial charge is 0.458 e. The van der Waals surface area contributed by atoms with Crippen LogP contribution in [-0.4, -0.2) is 36.3 Å². The van der Waals surface area contributed by atoms with Crippen molar-refractivity contribution in [1.29, 1.82) is 0 Å². The maximum atomic E-state index is 12.0. The number of carbonyl (C=O) groups excluding carboxylic acids is 1. The van der Waals surface area contributed by atoms with E-state index < -0.39 is 11.2 Å². The van der Waals surface area contributed by atoms with Crippen molar-refractivity contribution in [3.63, 3.8) is 0 Å². The zero-order valence-corrected chi connectivity index (χ0v) is 15.6. The topological polar surface area (TPSA) is 60.5 Å². The lowest BCUT2D eigenvalue weighted by Crippen LogP contribution is -2.35. The van der Waals surface area contributed by atoms with Crippen molar-refractivity contribution in [1.82, 2.24) is 10.3 Å². The van der Waals surface area contributed by atoms with Gasteiger partial charge in [0.1, 0.15) is 16.8 Å². The summed E-state index contributed by atoms with van der Waals surface area (Å²) in [4.78, 5) is 16.3. The molecule has 1 N–H and O–H groups in total. The first-order valence-corrected chi connectivity index (χ1v) is 8.79. The molecule has 5 nitrogen and oxygen atoms in total. The number of nitrogens with one attached hydrogen (secondary N) is 1. The molecule has 1 aromatic rings. The van der Waals surface area contributed by atoms with Gasteiger partial charge in [-0.25, -0.2) is 9.78 Å². The summed E-state index contributed by atoms with van der Waals surface area (Å²) < 4.78 is 12.3. The lowest BCUT2D eigenvalue weighted by atomic mass is 9.87. The van der Waals surface area contributed by atoms with Crippen molar-refractivity contribution < 1.29 is 14.3 Å². The van der Waals surface area contributed by atoms with Crippen molar-refractivity contribution in [3.8, 4) is 0 Å². The van der Waals surface area contributed by atoms with Gasteiger partial charge in [0.05, 0.1) is 5.60 Å². The SMILES string of the molecule is CC(C)(C)OC(=O)COC1(c2ccc(Br)nc2)CCCNCC1. The van der Waals surface area contributed by atoms with Crippen LogP contribution in [0.15, 0.2) is 22.9 Å². The van der Waals surface area contributed by atoms with E-state index in [0.717, 1.165) is 42.5 Å². The second-order valence-corrected chi connectivity index (χ2v) is 7.66. The third-order valence-corrected chi connectivity index (χ3v) is 4.25. The fraction of sp³-hybridized carbons (Fsp3) is 0.647. The van der Waals surface area contributed by atoms with E-state index in [9.17, 15) is 4.79 Å². The van der Waals surface area contributed by atoms with Crippen LogP contribution in [-0.2, 0) is 19.9 Å². The highest BCUT2D eigenvalue weighted by Crippen LogP contribution is 2.35. The van der Waals surface area contributed by atoms with Crippen molar-refractivity contribution in [2.75, 3.05) is 19.7 Å². The van der Waals surface area contributed by atoms with Crippen LogP contribution in [0.4, 0.5) is 0 Å². The quantitative estimate of drug-likeness (QED) is 0.637. The van der Waals surface area contributed by atoms with Gasteiger partial charge in [-0.15, -0.1) is 0 Å². The molecule has 0 amide bonds. The van der Waals surface area contributed by atoms with Gasteiger partial charge in [-0.3, -0.25) is 0 Å². The van der Waals surface area contributed by atoms with Crippen LogP contribution in [0.25, 0.3) is 0 Å². The first kappa shape index (κ1) is 18.4. The van der Waals surface area contributed by atoms with Gasteiger partial charge < -0.3 is 14.8 Å². The predicted molar refractivity (Wildman–Crippen MR) is 92.1 cm³/mol. The van der Waals surface area contributed by atoms with Crippen LogP contribution in [0.5, 0.6) is 0 Å². The molecule has 1 aliphatic heterocycles. The Balaban J connectivity index is 2.14. The Hall–Kier alpha value is -0.980. The molecule has 2 rings (SSSR count). The number of rotatable bonds is 4. The molecule has 0 radical (unpaired) electrons. The maximum Gasteiger partial charge on any atom is 0.332 e. The van der Waals surface area contributed by atoms with E-state index in [2.05, 4.69) is 26.2 Å². The summed E-state index contributed by atoms with van der Waals surface area (Å²) in [5.41, 5.74) is 0.0132. The number of halogens is 1. The zero-order chi connectivity index (χ0) is 16.9. The van der Waals surface area contributed by atoms with Gasteiger partial charge in [-0.1, -0.05) is 6.07 Å². The van der Waals surface area contributed by atoms with E-state index in [-0.39, 0.29) is 12.6 Å². The maximum absolute atomic E-state index is 12.0. The van der Waals surface area contributed by atoms with Gasteiger partial charge in [0.15, 0.2) is 0 Å². The average molecular weight is 385 g/mol. The van der Waals surface area contributed by atoms with Gasteiger partial charge in [0.25, 0.3) is 0 Å². The van der Waals surface area contributed by atoms with Crippen molar-refractivity contribution in [3.05, 3.63) is 28.5 Å². The van der Waals surface area contributed by atoms with Gasteiger partial charge in [-0.05, 0) is 75.1 Å². The number of aromatic nitrogens is 1. The van der Waals surface area contributed by atoms with Crippen LogP contribution in [0.2, 0.25) is 0 Å². The van der Waals surface area contributed by atoms with Crippen molar-refractivity contribution in [2.45, 2.75) is 51.2 Å². The second-order valence-electron chi connectivity index (χ2n) is 6.84. The van der Waals surface area contributed by atoms with Crippen molar-refractivity contribution in [2.24, 2.45) is 0 Å². The molecule has 1 saturated heterocycles. The van der Waals surface area contributed by atoms with E-state index in [4.69, 9.17) is 9.47 Å². The highest BCUT2D eigenvalue weighted by atomic mass is 79.9. The fourth-order valence-electron chi connectivity index (χ4n) is 2.77. The minimum Gasteiger partial charge on any atom is -0.458 e. The molecule has 0 saturated carbocycles. The molecule has 2 heterocycles. The number of esters is 1. The molecule has 1 atom stereocenters. The summed E-state index contributed by atoms with van der Waals surface area (Å²) in [5.74, 6) is -0.334. The first-order valence-electron chi connectivity index (χ1n) is 7.99. The van der Waals surface area contributed by atoms with Gasteiger partial charge in [0.2, 0.25) is 0 Å². The van der Waals surface area contributed by atoms with Gasteiger partial charge >= 0.3 is 5.97 Å². The normalized spacial score (nSPS) is 22.4. The molecular formula is C17H25BrN2O3. The van der Waals surface area contributed by atoms with E-state index in [1.54, 1.807) is 0 Å². The van der Waals surface area contributed by atoms with Gasteiger partial charge in [0, 0.05) is 11.8 Å². The lowest BCUT2D eigenvalue weighted by Gasteiger charge is -2.33. The Kier molecular flexibility index (Phi) is 6.17. The number of hydrogen-bond donors (Lipinski definition) is 1. The number of carbonyl (C=O) groups is 1. The van der Waals surface area contributed by atoms with E-state index >= 15 is 0 Å². The molecule has 1 fully saturated rings. The molecule has 0 bridgehead atoms. The summed E-state index contributed by atoms with van der Waals surface area (Å²) >= 11 is 3.36. The number of ether oxygens (including phenoxy) is 2. The Labute approximate surface area is 146 Å². The summed E-state index contributed by atoms with van der Waals surface area (Å²) in [5, 5.41) is 3.38. The third-order valence-electron chi connectivity index (χ3n) is 3.78. The Morgan fingerprint density at radius 1 is 1.35 bits per heavy atom. The van der Waals surface area contributed by atoms with Crippen LogP contribution < -0.4 is 5.32 Å². The number of pyridine rings is 1. The Bertz CT molecular complexity index is 518. The summed E-state index contributed by atoms with van der Waals surface area (Å²) in [6.45, 7) is 7.33. The summed E-state index contributed by atoms with van der Waals surface area (Å²) in [6, 6.07) is 3.92. The zero-order valence-electron chi connectivity index (χ0n) is 14.0. The van der Waals surface area contributed by atoms with Crippen molar-refractivity contribution >= 4 is 21.9 Å². The van der Waals surface area contributed by atoms with Crippen LogP contribution in [0, 0.1) is 0 Å². The lowest BCUT2D eigenvalue weighted by molar-refractivity contribution is -0.168. The molecule has 1 aliphatic rings. The highest BCUT2D eigenvalue weighted by Gasteiger charge is 2.35. The minimum absolute atomic E-state index is 0.0483. The second kappa shape index (κ2) is 7.73. The molecule has 0 aliphatic carbocycles. The van der Waals surface area contributed by atoms with E-state index in [1.165, 1.54) is 0 Å². The molecule has 1 aromatic heterocycles. The molecule has 0 aromatic carbocycles. The minimum atomic E-state index is -0.502. The predicted octanol–water partition coefficient (Wildman–Crippen LogP) is 3.17. The molecule has 6 heteroatoms. The molecule has 1 unspecified atom stereocenters. The molecule has 128 valence electrons. The molecule has 23 heavy (non-hydrogen) atoms. The highest BCUT2D eigenvalue weighted by molar-refractivity contribution is 9.10. The standard InChI is InChI=1S/C17H25BrN2O3/c1-16(2,3)23-15(21)12-22-17(7-4-9-19-10-8-17)13-5-6-14(18)20-11-13/h5-6,11,19H,4,7-10,12H2,1-3H3. The summed E-state index contributed by atoms with van der Waals surface area (Å²) in [6.07, 6.45) is 4.47. The fourth-order valence-corrected chi connectivity index (χ4v) is 3.00. The Morgan fingerprint density at radius 3 is 2.78 bits per heavy atom. The molecule has 0 spiro atoms. The van der Waals surface area contributed by atoms with E-state index in [1.807, 2.05) is 39.1 Å². The molecular weight excluding hydrogens is 360 g/mol. The van der Waals surface area contributed by atoms with Crippen LogP contribution >= 0.6 is 15.9 Å². The Morgan fingerprint density at radius 2 is 2.13 bits per heavy atom. The smallest absolute Gasteiger partial charge is 0.332 e. The number of nitrogens with zero attached hydrogens (tertiary/aromatic N) is 1. The first-order chi connectivity index (χ1) is 10.8. The number of hydrogen-bond acceptors (Lipinski definition) is 5. The summed E-state index contributed by atoms with van der Waals surface area (Å²) in [7, 11) is 0. The third kappa shape index (κ3) is 5.55. The average Bonchev–Trinajstić information content (AvgIpc) is 2.71. The monoisotopic (exact) mass is 384 g/mol. The van der Waals surface area contributed by atoms with E-state index in [0.29, 0.717) is 0 Å². The van der Waals surface area contributed by atoms with Crippen LogP contribution in [0.3, 0.4) is 0 Å².